The van der Waals surface area contributed by atoms with Crippen LogP contribution in [0.15, 0.2) is 51.7 Å². The number of rotatable bonds is 3. The second-order valence-electron chi connectivity index (χ2n) is 10.3. The quantitative estimate of drug-likeness (QED) is 0.419. The average molecular weight is 433 g/mol. The molecule has 0 bridgehead atoms. The first-order valence-corrected chi connectivity index (χ1v) is 12.3. The minimum atomic E-state index is -0.549. The molecule has 0 unspecified atom stereocenters. The van der Waals surface area contributed by atoms with Gasteiger partial charge in [-0.25, -0.2) is 9.18 Å². The van der Waals surface area contributed by atoms with Crippen molar-refractivity contribution in [1.29, 1.82) is 0 Å². The Morgan fingerprint density at radius 2 is 1.47 bits per heavy atom. The highest BCUT2D eigenvalue weighted by Gasteiger charge is 2.31. The van der Waals surface area contributed by atoms with Crippen LogP contribution in [0, 0.1) is 30.5 Å². The molecule has 0 saturated heterocycles. The molecule has 0 N–H and O–H groups in total. The molecule has 2 aromatic carbocycles. The van der Waals surface area contributed by atoms with E-state index in [2.05, 4.69) is 6.92 Å². The smallest absolute Gasteiger partial charge is 0.346 e. The summed E-state index contributed by atoms with van der Waals surface area (Å²) in [5, 5.41) is 0.713. The molecular weight excluding hydrogens is 399 g/mol. The lowest BCUT2D eigenvalue weighted by Crippen LogP contribution is -2.25. The molecule has 1 aromatic heterocycles. The van der Waals surface area contributed by atoms with E-state index in [1.807, 2.05) is 43.3 Å². The Bertz CT molecular complexity index is 1140. The second-order valence-corrected chi connectivity index (χ2v) is 10.3. The van der Waals surface area contributed by atoms with Gasteiger partial charge in [0.15, 0.2) is 0 Å². The molecule has 0 radical (unpaired) electrons. The first-order valence-electron chi connectivity index (χ1n) is 12.3. The zero-order valence-electron chi connectivity index (χ0n) is 19.2. The zero-order valence-corrected chi connectivity index (χ0v) is 19.2. The van der Waals surface area contributed by atoms with Gasteiger partial charge in [0, 0.05) is 11.5 Å². The van der Waals surface area contributed by atoms with E-state index >= 15 is 4.39 Å². The van der Waals surface area contributed by atoms with E-state index in [0.717, 1.165) is 47.5 Å². The third-order valence-electron chi connectivity index (χ3n) is 8.15. The fourth-order valence-electron chi connectivity index (χ4n) is 6.05. The Morgan fingerprint density at radius 1 is 0.844 bits per heavy atom. The molecule has 32 heavy (non-hydrogen) atoms. The Kier molecular flexibility index (Phi) is 5.92. The van der Waals surface area contributed by atoms with Crippen molar-refractivity contribution in [3.8, 4) is 11.1 Å². The number of hydrogen-bond donors (Lipinski definition) is 0. The Hall–Kier alpha value is -2.42. The predicted octanol–water partition coefficient (Wildman–Crippen LogP) is 8.01. The monoisotopic (exact) mass is 432 g/mol. The van der Waals surface area contributed by atoms with Crippen molar-refractivity contribution < 1.29 is 8.81 Å². The van der Waals surface area contributed by atoms with Crippen LogP contribution in [-0.4, -0.2) is 0 Å². The van der Waals surface area contributed by atoms with Crippen molar-refractivity contribution in [1.82, 2.24) is 0 Å². The molecule has 3 aromatic rings. The molecule has 1 heterocycles. The molecule has 2 aliphatic rings. The Morgan fingerprint density at radius 3 is 2.12 bits per heavy atom. The molecule has 0 amide bonds. The number of fused-ring (bicyclic) bond motifs is 1. The maximum absolute atomic E-state index is 15.3. The van der Waals surface area contributed by atoms with Gasteiger partial charge in [0.25, 0.3) is 0 Å². The van der Waals surface area contributed by atoms with E-state index in [1.165, 1.54) is 38.5 Å². The highest BCUT2D eigenvalue weighted by Crippen LogP contribution is 2.44. The van der Waals surface area contributed by atoms with Gasteiger partial charge in [-0.15, -0.1) is 0 Å². The molecular formula is C29H33FO2. The van der Waals surface area contributed by atoms with Gasteiger partial charge in [0.1, 0.15) is 17.0 Å². The highest BCUT2D eigenvalue weighted by molar-refractivity contribution is 5.87. The summed E-state index contributed by atoms with van der Waals surface area (Å²) in [5.41, 5.74) is 1.79. The summed E-state index contributed by atoms with van der Waals surface area (Å²) in [7, 11) is 0. The van der Waals surface area contributed by atoms with Crippen molar-refractivity contribution in [2.24, 2.45) is 17.8 Å². The summed E-state index contributed by atoms with van der Waals surface area (Å²) in [6, 6.07) is 13.2. The van der Waals surface area contributed by atoms with Gasteiger partial charge in [0.05, 0.1) is 0 Å². The summed E-state index contributed by atoms with van der Waals surface area (Å²) in [5.74, 6) is 3.11. The SMILES string of the molecule is Cc1ccc(-c2ccc3cc(C4CCC(C5CCC(C)CC5)CC4)oc(=O)c3c2F)cc1. The van der Waals surface area contributed by atoms with Crippen molar-refractivity contribution >= 4 is 10.8 Å². The van der Waals surface area contributed by atoms with Crippen LogP contribution in [0.4, 0.5) is 4.39 Å². The first-order chi connectivity index (χ1) is 15.5. The van der Waals surface area contributed by atoms with Crippen molar-refractivity contribution in [2.75, 3.05) is 0 Å². The van der Waals surface area contributed by atoms with Crippen LogP contribution in [0.1, 0.15) is 75.5 Å². The molecule has 2 saturated carbocycles. The van der Waals surface area contributed by atoms with Crippen LogP contribution in [0.5, 0.6) is 0 Å². The molecule has 168 valence electrons. The Labute approximate surface area is 189 Å². The van der Waals surface area contributed by atoms with Crippen LogP contribution < -0.4 is 5.63 Å². The fourth-order valence-corrected chi connectivity index (χ4v) is 6.05. The van der Waals surface area contributed by atoms with Crippen LogP contribution in [0.3, 0.4) is 0 Å². The third-order valence-corrected chi connectivity index (χ3v) is 8.15. The summed E-state index contributed by atoms with van der Waals surface area (Å²) in [4.78, 5) is 12.8. The lowest BCUT2D eigenvalue weighted by atomic mass is 9.69. The minimum Gasteiger partial charge on any atom is -0.427 e. The number of hydrogen-bond acceptors (Lipinski definition) is 2. The van der Waals surface area contributed by atoms with Crippen molar-refractivity contribution in [2.45, 2.75) is 71.1 Å². The predicted molar refractivity (Wildman–Crippen MR) is 128 cm³/mol. The fraction of sp³-hybridized carbons (Fsp3) is 0.483. The molecule has 0 atom stereocenters. The number of halogens is 1. The Balaban J connectivity index is 1.36. The van der Waals surface area contributed by atoms with E-state index < -0.39 is 11.4 Å². The molecule has 2 aliphatic carbocycles. The van der Waals surface area contributed by atoms with Crippen molar-refractivity contribution in [3.63, 3.8) is 0 Å². The standard InChI is InChI=1S/C29H33FO2/c1-18-3-7-20(8-4-18)21-11-13-23(14-12-21)26-17-24-15-16-25(22-9-5-19(2)6-10-22)28(30)27(24)29(31)32-26/h5-6,9-10,15-18,20-21,23H,3-4,7-8,11-14H2,1-2H3. The number of benzene rings is 2. The van der Waals surface area contributed by atoms with Gasteiger partial charge in [0.2, 0.25) is 0 Å². The van der Waals surface area contributed by atoms with Crippen LogP contribution in [0.2, 0.25) is 0 Å². The van der Waals surface area contributed by atoms with E-state index in [-0.39, 0.29) is 11.3 Å². The second kappa shape index (κ2) is 8.84. The highest BCUT2D eigenvalue weighted by atomic mass is 19.1. The maximum Gasteiger partial charge on any atom is 0.346 e. The van der Waals surface area contributed by atoms with Crippen LogP contribution in [0.25, 0.3) is 21.9 Å². The van der Waals surface area contributed by atoms with Gasteiger partial charge in [-0.05, 0) is 80.2 Å². The van der Waals surface area contributed by atoms with Gasteiger partial charge < -0.3 is 4.42 Å². The largest absolute Gasteiger partial charge is 0.427 e. The molecule has 2 nitrogen and oxygen atoms in total. The zero-order chi connectivity index (χ0) is 22.2. The van der Waals surface area contributed by atoms with Gasteiger partial charge in [-0.1, -0.05) is 61.7 Å². The van der Waals surface area contributed by atoms with E-state index in [9.17, 15) is 4.79 Å². The topological polar surface area (TPSA) is 30.2 Å². The summed E-state index contributed by atoms with van der Waals surface area (Å²) < 4.78 is 21.0. The van der Waals surface area contributed by atoms with E-state index in [4.69, 9.17) is 4.42 Å². The third kappa shape index (κ3) is 4.14. The van der Waals surface area contributed by atoms with Crippen LogP contribution in [-0.2, 0) is 0 Å². The first kappa shape index (κ1) is 21.4. The van der Waals surface area contributed by atoms with Crippen LogP contribution >= 0.6 is 0 Å². The van der Waals surface area contributed by atoms with E-state index in [0.29, 0.717) is 10.9 Å². The molecule has 0 aliphatic heterocycles. The molecule has 5 rings (SSSR count). The number of aryl methyl sites for hydroxylation is 1. The van der Waals surface area contributed by atoms with Gasteiger partial charge in [-0.3, -0.25) is 0 Å². The molecule has 3 heteroatoms. The van der Waals surface area contributed by atoms with Crippen molar-refractivity contribution in [3.05, 3.63) is 70.0 Å². The van der Waals surface area contributed by atoms with Gasteiger partial charge >= 0.3 is 5.63 Å². The lowest BCUT2D eigenvalue weighted by Gasteiger charge is -2.37. The maximum atomic E-state index is 15.3. The van der Waals surface area contributed by atoms with Gasteiger partial charge in [-0.2, -0.15) is 0 Å². The summed E-state index contributed by atoms with van der Waals surface area (Å²) in [6.07, 6.45) is 10.1. The summed E-state index contributed by atoms with van der Waals surface area (Å²) in [6.45, 7) is 4.38. The minimum absolute atomic E-state index is 0.0665. The average Bonchev–Trinajstić information content (AvgIpc) is 2.80. The lowest BCUT2D eigenvalue weighted by molar-refractivity contribution is 0.160. The summed E-state index contributed by atoms with van der Waals surface area (Å²) >= 11 is 0. The normalized spacial score (nSPS) is 26.3. The molecule has 2 fully saturated rings. The molecule has 0 spiro atoms. The van der Waals surface area contributed by atoms with E-state index in [1.54, 1.807) is 6.07 Å².